The van der Waals surface area contributed by atoms with Crippen molar-refractivity contribution in [3.05, 3.63) is 40.6 Å². The van der Waals surface area contributed by atoms with Gasteiger partial charge in [0.05, 0.1) is 8.07 Å². The lowest BCUT2D eigenvalue weighted by Crippen LogP contribution is -2.33. The molecule has 1 aromatic carbocycles. The van der Waals surface area contributed by atoms with Crippen molar-refractivity contribution in [2.24, 2.45) is 0 Å². The third kappa shape index (κ3) is 2.32. The van der Waals surface area contributed by atoms with Crippen LogP contribution < -0.4 is 0 Å². The summed E-state index contributed by atoms with van der Waals surface area (Å²) in [6.45, 7) is 11.2. The Bertz CT molecular complexity index is 476. The van der Waals surface area contributed by atoms with Gasteiger partial charge in [0.25, 0.3) is 0 Å². The molecule has 0 saturated carbocycles. The van der Waals surface area contributed by atoms with Gasteiger partial charge >= 0.3 is 0 Å². The number of benzene rings is 1. The molecule has 0 spiro atoms. The van der Waals surface area contributed by atoms with Crippen molar-refractivity contribution in [1.29, 1.82) is 0 Å². The highest BCUT2D eigenvalue weighted by molar-refractivity contribution is 6.94. The molecule has 1 aromatic rings. The van der Waals surface area contributed by atoms with Gasteiger partial charge in [0, 0.05) is 0 Å². The van der Waals surface area contributed by atoms with E-state index in [0.717, 1.165) is 6.42 Å². The predicted octanol–water partition coefficient (Wildman–Crippen LogP) is 3.61. The minimum Gasteiger partial charge on any atom is -0.428 e. The summed E-state index contributed by atoms with van der Waals surface area (Å²) in [6.07, 6.45) is 1.07. The lowest BCUT2D eigenvalue weighted by atomic mass is 10.1. The molecule has 0 heterocycles. The van der Waals surface area contributed by atoms with E-state index in [4.69, 9.17) is 0 Å². The molecule has 92 valence electrons. The summed E-state index contributed by atoms with van der Waals surface area (Å²) in [5.41, 5.74) is 2.73. The molecule has 0 amide bonds. The van der Waals surface area contributed by atoms with Gasteiger partial charge in [-0.15, -0.1) is 0 Å². The second-order valence-electron chi connectivity index (χ2n) is 6.50. The van der Waals surface area contributed by atoms with Crippen LogP contribution in [0.2, 0.25) is 32.7 Å². The Morgan fingerprint density at radius 1 is 1.00 bits per heavy atom. The van der Waals surface area contributed by atoms with E-state index >= 15 is 0 Å². The highest BCUT2D eigenvalue weighted by Gasteiger charge is 2.37. The second kappa shape index (κ2) is 3.93. The summed E-state index contributed by atoms with van der Waals surface area (Å²) in [4.78, 5) is 10.6. The summed E-state index contributed by atoms with van der Waals surface area (Å²) >= 11 is 0. The van der Waals surface area contributed by atoms with Crippen LogP contribution in [0, 0.1) is 0 Å². The van der Waals surface area contributed by atoms with Crippen molar-refractivity contribution in [3.8, 4) is 0 Å². The van der Waals surface area contributed by atoms with E-state index in [1.807, 2.05) is 13.1 Å². The highest BCUT2D eigenvalue weighted by atomic mass is 28.4. The standard InChI is InChI=1S/C14H22OSi2/c1-16(2,3)13-10-11-8-6-7-9-12(11)14(13)17(4,5)15/h6-9,15H,10H2,1-5H3. The minimum atomic E-state index is -2.23. The topological polar surface area (TPSA) is 20.2 Å². The van der Waals surface area contributed by atoms with Crippen LogP contribution in [0.15, 0.2) is 29.5 Å². The van der Waals surface area contributed by atoms with Crippen LogP contribution in [-0.4, -0.2) is 21.2 Å². The third-order valence-corrected chi connectivity index (χ3v) is 7.75. The molecule has 1 nitrogen and oxygen atoms in total. The van der Waals surface area contributed by atoms with Crippen molar-refractivity contribution in [2.45, 2.75) is 39.2 Å². The summed E-state index contributed by atoms with van der Waals surface area (Å²) in [5, 5.41) is 2.89. The van der Waals surface area contributed by atoms with E-state index in [1.165, 1.54) is 16.3 Å². The minimum absolute atomic E-state index is 1.07. The first-order valence-electron chi connectivity index (χ1n) is 6.26. The fraction of sp³-hybridized carbons (Fsp3) is 0.429. The number of hydrogen-bond acceptors (Lipinski definition) is 1. The van der Waals surface area contributed by atoms with E-state index in [0.29, 0.717) is 0 Å². The molecule has 0 fully saturated rings. The van der Waals surface area contributed by atoms with Gasteiger partial charge in [0.2, 0.25) is 8.32 Å². The lowest BCUT2D eigenvalue weighted by Gasteiger charge is -2.26. The van der Waals surface area contributed by atoms with E-state index in [-0.39, 0.29) is 0 Å². The van der Waals surface area contributed by atoms with Crippen molar-refractivity contribution < 1.29 is 4.80 Å². The van der Waals surface area contributed by atoms with Crippen LogP contribution in [0.1, 0.15) is 11.1 Å². The summed E-state index contributed by atoms with van der Waals surface area (Å²) in [7, 11) is -3.57. The Labute approximate surface area is 106 Å². The lowest BCUT2D eigenvalue weighted by molar-refractivity contribution is 0.569. The summed E-state index contributed by atoms with van der Waals surface area (Å²) in [6, 6.07) is 8.59. The van der Waals surface area contributed by atoms with Crippen LogP contribution in [0.25, 0.3) is 5.20 Å². The fourth-order valence-electron chi connectivity index (χ4n) is 2.70. The van der Waals surface area contributed by atoms with Crippen molar-refractivity contribution in [2.75, 3.05) is 0 Å². The molecule has 0 unspecified atom stereocenters. The molecule has 1 aliphatic rings. The Morgan fingerprint density at radius 2 is 1.59 bits per heavy atom. The normalized spacial score (nSPS) is 16.4. The van der Waals surface area contributed by atoms with E-state index in [1.54, 1.807) is 5.20 Å². The van der Waals surface area contributed by atoms with Crippen LogP contribution in [0.5, 0.6) is 0 Å². The zero-order chi connectivity index (χ0) is 12.8. The monoisotopic (exact) mass is 262 g/mol. The fourth-order valence-corrected chi connectivity index (χ4v) is 8.08. The highest BCUT2D eigenvalue weighted by Crippen LogP contribution is 2.41. The second-order valence-corrected chi connectivity index (χ2v) is 15.2. The van der Waals surface area contributed by atoms with E-state index < -0.39 is 16.4 Å². The van der Waals surface area contributed by atoms with Crippen molar-refractivity contribution in [3.63, 3.8) is 0 Å². The first kappa shape index (κ1) is 12.8. The van der Waals surface area contributed by atoms with Gasteiger partial charge in [0.1, 0.15) is 0 Å². The molecular weight excluding hydrogens is 240 g/mol. The number of hydrogen-bond donors (Lipinski definition) is 1. The molecule has 17 heavy (non-hydrogen) atoms. The molecule has 0 aliphatic heterocycles. The predicted molar refractivity (Wildman–Crippen MR) is 80.1 cm³/mol. The Kier molecular flexibility index (Phi) is 2.96. The first-order valence-corrected chi connectivity index (χ1v) is 12.7. The average molecular weight is 263 g/mol. The number of rotatable bonds is 2. The van der Waals surface area contributed by atoms with E-state index in [2.05, 4.69) is 43.9 Å². The maximum Gasteiger partial charge on any atom is 0.214 e. The molecule has 2 rings (SSSR count). The Morgan fingerprint density at radius 3 is 2.12 bits per heavy atom. The zero-order valence-electron chi connectivity index (χ0n) is 11.5. The van der Waals surface area contributed by atoms with Crippen molar-refractivity contribution >= 4 is 21.6 Å². The van der Waals surface area contributed by atoms with E-state index in [9.17, 15) is 4.80 Å². The number of fused-ring (bicyclic) bond motifs is 1. The van der Waals surface area contributed by atoms with Crippen LogP contribution in [0.4, 0.5) is 0 Å². The van der Waals surface area contributed by atoms with Crippen molar-refractivity contribution in [1.82, 2.24) is 0 Å². The molecule has 1 aliphatic carbocycles. The molecular formula is C14H22OSi2. The van der Waals surface area contributed by atoms with Gasteiger partial charge in [-0.2, -0.15) is 0 Å². The average Bonchev–Trinajstić information content (AvgIpc) is 2.54. The van der Waals surface area contributed by atoms with Crippen LogP contribution in [0.3, 0.4) is 0 Å². The third-order valence-electron chi connectivity index (χ3n) is 3.47. The molecule has 0 bridgehead atoms. The quantitative estimate of drug-likeness (QED) is 0.807. The molecule has 3 heteroatoms. The maximum absolute atomic E-state index is 10.6. The summed E-state index contributed by atoms with van der Waals surface area (Å²) < 4.78 is 0. The Hall–Kier alpha value is -0.646. The summed E-state index contributed by atoms with van der Waals surface area (Å²) in [5.74, 6) is 0. The smallest absolute Gasteiger partial charge is 0.214 e. The van der Waals surface area contributed by atoms with Gasteiger partial charge in [-0.05, 0) is 35.8 Å². The zero-order valence-corrected chi connectivity index (χ0v) is 13.5. The van der Waals surface area contributed by atoms with Crippen LogP contribution in [-0.2, 0) is 6.42 Å². The Balaban J connectivity index is 2.65. The largest absolute Gasteiger partial charge is 0.428 e. The number of allylic oxidation sites excluding steroid dienone is 1. The van der Waals surface area contributed by atoms with Gasteiger partial charge in [-0.1, -0.05) is 49.1 Å². The van der Waals surface area contributed by atoms with Gasteiger partial charge < -0.3 is 4.80 Å². The molecule has 0 atom stereocenters. The first-order chi connectivity index (χ1) is 7.71. The maximum atomic E-state index is 10.6. The molecule has 0 saturated heterocycles. The van der Waals surface area contributed by atoms with Crippen LogP contribution >= 0.6 is 0 Å². The SMILES string of the molecule is C[Si](C)(C)C1=C([Si](C)(C)O)c2ccccc2C1. The van der Waals surface area contributed by atoms with Gasteiger partial charge in [-0.25, -0.2) is 0 Å². The van der Waals surface area contributed by atoms with Gasteiger partial charge in [0.15, 0.2) is 0 Å². The van der Waals surface area contributed by atoms with Gasteiger partial charge in [-0.3, -0.25) is 0 Å². The molecule has 0 aromatic heterocycles. The molecule has 1 N–H and O–H groups in total. The molecule has 0 radical (unpaired) electrons.